The average molecular weight is 266 g/mol. The van der Waals surface area contributed by atoms with Gasteiger partial charge in [-0.05, 0) is 25.0 Å². The maximum Gasteiger partial charge on any atom is 0.267 e. The molecule has 1 aromatic rings. The monoisotopic (exact) mass is 266 g/mol. The lowest BCUT2D eigenvalue weighted by molar-refractivity contribution is -0.125. The summed E-state index contributed by atoms with van der Waals surface area (Å²) in [5.74, 6) is 0.0696. The molecule has 19 heavy (non-hydrogen) atoms. The number of anilines is 1. The number of carbonyl (C=O) groups excluding carboxylic acids is 1. The first-order valence-corrected chi connectivity index (χ1v) is 6.10. The van der Waals surface area contributed by atoms with E-state index in [1.807, 2.05) is 6.92 Å². The van der Waals surface area contributed by atoms with Gasteiger partial charge in [0.15, 0.2) is 0 Å². The lowest BCUT2D eigenvalue weighted by Crippen LogP contribution is -2.47. The smallest absolute Gasteiger partial charge is 0.267 e. The number of amides is 1. The van der Waals surface area contributed by atoms with Gasteiger partial charge < -0.3 is 15.2 Å². The average Bonchev–Trinajstić information content (AvgIpc) is 2.37. The van der Waals surface area contributed by atoms with Crippen molar-refractivity contribution in [1.82, 2.24) is 0 Å². The van der Waals surface area contributed by atoms with Crippen molar-refractivity contribution in [1.29, 1.82) is 0 Å². The molecular weight excluding hydrogens is 248 g/mol. The molecule has 1 aliphatic heterocycles. The zero-order chi connectivity index (χ0) is 14.0. The van der Waals surface area contributed by atoms with E-state index < -0.39 is 11.9 Å². The number of benzene rings is 1. The van der Waals surface area contributed by atoms with E-state index in [0.717, 1.165) is 5.56 Å². The molecular formula is C13H18N2O4. The maximum absolute atomic E-state index is 11.6. The number of rotatable bonds is 4. The molecule has 0 fully saturated rings. The molecule has 6 heteroatoms. The van der Waals surface area contributed by atoms with Crippen LogP contribution in [-0.4, -0.2) is 37.0 Å². The third kappa shape index (κ3) is 2.86. The highest BCUT2D eigenvalue weighted by atomic mass is 16.5. The minimum absolute atomic E-state index is 0.114. The molecule has 0 saturated heterocycles. The zero-order valence-electron chi connectivity index (χ0n) is 11.0. The number of nitrogens with two attached hydrogens (primary N) is 1. The number of carbonyl (C=O) groups is 1. The van der Waals surface area contributed by atoms with Crippen molar-refractivity contribution in [2.24, 2.45) is 5.73 Å². The molecule has 2 unspecified atom stereocenters. The number of hydrogen-bond acceptors (Lipinski definition) is 5. The van der Waals surface area contributed by atoms with E-state index in [0.29, 0.717) is 29.5 Å². The lowest BCUT2D eigenvalue weighted by Gasteiger charge is -2.28. The molecule has 1 amide bonds. The van der Waals surface area contributed by atoms with Gasteiger partial charge >= 0.3 is 0 Å². The molecule has 6 nitrogen and oxygen atoms in total. The van der Waals surface area contributed by atoms with Crippen LogP contribution < -0.4 is 15.5 Å². The van der Waals surface area contributed by atoms with Crippen molar-refractivity contribution in [3.63, 3.8) is 0 Å². The predicted octanol–water partition coefficient (Wildman–Crippen LogP) is 0.706. The number of methoxy groups -OCH3 is 1. The Morgan fingerprint density at radius 3 is 3.00 bits per heavy atom. The first-order valence-electron chi connectivity index (χ1n) is 6.10. The number of fused-ring (bicyclic) bond motifs is 1. The molecule has 1 aliphatic rings. The predicted molar refractivity (Wildman–Crippen MR) is 69.4 cm³/mol. The minimum Gasteiger partial charge on any atom is -0.488 e. The fourth-order valence-corrected chi connectivity index (χ4v) is 2.09. The standard InChI is InChI=1S/C13H18N2O4/c1-8(7-18-2)19-10-4-3-9-5-11(14)13(16)15(17)12(9)6-10/h3-4,6,8,11,17H,5,7,14H2,1-2H3. The van der Waals surface area contributed by atoms with Gasteiger partial charge in [-0.15, -0.1) is 0 Å². The van der Waals surface area contributed by atoms with E-state index in [9.17, 15) is 10.0 Å². The highest BCUT2D eigenvalue weighted by molar-refractivity contribution is 5.98. The third-order valence-electron chi connectivity index (χ3n) is 2.99. The Hall–Kier alpha value is -1.63. The zero-order valence-corrected chi connectivity index (χ0v) is 11.0. The summed E-state index contributed by atoms with van der Waals surface area (Å²) in [4.78, 5) is 11.6. The summed E-state index contributed by atoms with van der Waals surface area (Å²) in [5, 5.41) is 10.4. The third-order valence-corrected chi connectivity index (χ3v) is 2.99. The van der Waals surface area contributed by atoms with Crippen LogP contribution in [0.1, 0.15) is 12.5 Å². The second kappa shape index (κ2) is 5.56. The molecule has 0 aromatic heterocycles. The summed E-state index contributed by atoms with van der Waals surface area (Å²) in [5.41, 5.74) is 6.89. The van der Waals surface area contributed by atoms with Gasteiger partial charge in [-0.3, -0.25) is 10.0 Å². The Labute approximate surface area is 111 Å². The van der Waals surface area contributed by atoms with Crippen LogP contribution in [0, 0.1) is 0 Å². The van der Waals surface area contributed by atoms with Crippen molar-refractivity contribution in [2.45, 2.75) is 25.5 Å². The van der Waals surface area contributed by atoms with Gasteiger partial charge in [-0.25, -0.2) is 0 Å². The molecule has 0 aliphatic carbocycles. The largest absolute Gasteiger partial charge is 0.488 e. The van der Waals surface area contributed by atoms with Gasteiger partial charge in [-0.2, -0.15) is 5.06 Å². The normalized spacial score (nSPS) is 20.1. The van der Waals surface area contributed by atoms with Crippen molar-refractivity contribution < 1.29 is 19.5 Å². The van der Waals surface area contributed by atoms with Crippen molar-refractivity contribution in [3.05, 3.63) is 23.8 Å². The highest BCUT2D eigenvalue weighted by Crippen LogP contribution is 2.30. The number of nitrogens with zero attached hydrogens (tertiary/aromatic N) is 1. The molecule has 2 atom stereocenters. The SMILES string of the molecule is COCC(C)Oc1ccc2c(c1)N(O)C(=O)C(N)C2. The summed E-state index contributed by atoms with van der Waals surface area (Å²) in [6.45, 7) is 2.34. The molecule has 2 rings (SSSR count). The summed E-state index contributed by atoms with van der Waals surface area (Å²) in [6.07, 6.45) is 0.302. The fraction of sp³-hybridized carbons (Fsp3) is 0.462. The highest BCUT2D eigenvalue weighted by Gasteiger charge is 2.30. The van der Waals surface area contributed by atoms with E-state index in [1.54, 1.807) is 25.3 Å². The Morgan fingerprint density at radius 2 is 2.32 bits per heavy atom. The number of ether oxygens (including phenoxy) is 2. The van der Waals surface area contributed by atoms with Crippen LogP contribution in [0.5, 0.6) is 5.75 Å². The van der Waals surface area contributed by atoms with E-state index in [2.05, 4.69) is 0 Å². The molecule has 0 bridgehead atoms. The molecule has 1 heterocycles. The van der Waals surface area contributed by atoms with E-state index >= 15 is 0 Å². The van der Waals surface area contributed by atoms with Gasteiger partial charge in [0.25, 0.3) is 5.91 Å². The van der Waals surface area contributed by atoms with Gasteiger partial charge in [0.1, 0.15) is 11.9 Å². The first-order chi connectivity index (χ1) is 9.02. The molecule has 3 N–H and O–H groups in total. The van der Waals surface area contributed by atoms with Crippen molar-refractivity contribution in [3.8, 4) is 5.75 Å². The van der Waals surface area contributed by atoms with E-state index in [-0.39, 0.29) is 6.10 Å². The Bertz CT molecular complexity index is 478. The molecule has 0 saturated carbocycles. The number of hydrogen-bond donors (Lipinski definition) is 2. The fourth-order valence-electron chi connectivity index (χ4n) is 2.09. The van der Waals surface area contributed by atoms with Gasteiger partial charge in [-0.1, -0.05) is 6.07 Å². The Morgan fingerprint density at radius 1 is 1.58 bits per heavy atom. The number of hydroxylamine groups is 1. The molecule has 1 aromatic carbocycles. The second-order valence-corrected chi connectivity index (χ2v) is 4.63. The van der Waals surface area contributed by atoms with Crippen LogP contribution in [0.25, 0.3) is 0 Å². The first kappa shape index (κ1) is 13.8. The summed E-state index contributed by atoms with van der Waals surface area (Å²) in [7, 11) is 1.60. The van der Waals surface area contributed by atoms with Crippen LogP contribution in [0.4, 0.5) is 5.69 Å². The molecule has 0 spiro atoms. The van der Waals surface area contributed by atoms with Crippen molar-refractivity contribution >= 4 is 11.6 Å². The van der Waals surface area contributed by atoms with Gasteiger partial charge in [0.2, 0.25) is 0 Å². The summed E-state index contributed by atoms with van der Waals surface area (Å²) in [6, 6.07) is 4.53. The Balaban J connectivity index is 2.21. The topological polar surface area (TPSA) is 85.0 Å². The van der Waals surface area contributed by atoms with Crippen molar-refractivity contribution in [2.75, 3.05) is 18.8 Å². The van der Waals surface area contributed by atoms with Crippen LogP contribution in [0.2, 0.25) is 0 Å². The van der Waals surface area contributed by atoms with Crippen LogP contribution >= 0.6 is 0 Å². The van der Waals surface area contributed by atoms with Crippen LogP contribution in [-0.2, 0) is 16.0 Å². The quantitative estimate of drug-likeness (QED) is 0.784. The van der Waals surface area contributed by atoms with Crippen LogP contribution in [0.15, 0.2) is 18.2 Å². The van der Waals surface area contributed by atoms with Gasteiger partial charge in [0, 0.05) is 13.2 Å². The van der Waals surface area contributed by atoms with E-state index in [1.165, 1.54) is 0 Å². The Kier molecular flexibility index (Phi) is 4.04. The molecule has 0 radical (unpaired) electrons. The minimum atomic E-state index is -0.698. The molecule has 104 valence electrons. The summed E-state index contributed by atoms with van der Waals surface area (Å²) < 4.78 is 10.6. The van der Waals surface area contributed by atoms with Gasteiger partial charge in [0.05, 0.1) is 18.3 Å². The second-order valence-electron chi connectivity index (χ2n) is 4.63. The lowest BCUT2D eigenvalue weighted by atomic mass is 9.99. The summed E-state index contributed by atoms with van der Waals surface area (Å²) >= 11 is 0. The maximum atomic E-state index is 11.6. The van der Waals surface area contributed by atoms with E-state index in [4.69, 9.17) is 15.2 Å². The van der Waals surface area contributed by atoms with Crippen LogP contribution in [0.3, 0.4) is 0 Å².